The van der Waals surface area contributed by atoms with E-state index in [-0.39, 0.29) is 0 Å². The van der Waals surface area contributed by atoms with Crippen molar-refractivity contribution in [2.45, 2.75) is 19.0 Å². The van der Waals surface area contributed by atoms with Gasteiger partial charge in [0.05, 0.1) is 6.04 Å². The highest BCUT2D eigenvalue weighted by molar-refractivity contribution is 7.80. The number of thiol groups is 1. The minimum atomic E-state index is 0.538. The molecule has 2 aromatic rings. The Hall–Kier alpha value is -1.25. The van der Waals surface area contributed by atoms with Gasteiger partial charge in [0.25, 0.3) is 0 Å². The Labute approximate surface area is 115 Å². The highest BCUT2D eigenvalue weighted by Gasteiger charge is 2.10. The molecule has 0 aliphatic carbocycles. The molecule has 2 heteroatoms. The third-order valence-electron chi connectivity index (χ3n) is 3.10. The van der Waals surface area contributed by atoms with Crippen LogP contribution in [0.2, 0.25) is 0 Å². The highest BCUT2D eigenvalue weighted by Crippen LogP contribution is 2.02. The second-order valence-electron chi connectivity index (χ2n) is 4.56. The number of benzene rings is 2. The number of quaternary nitrogens is 1. The summed E-state index contributed by atoms with van der Waals surface area (Å²) in [7, 11) is 0. The van der Waals surface area contributed by atoms with Crippen molar-refractivity contribution in [3.63, 3.8) is 0 Å². The first kappa shape index (κ1) is 13.2. The summed E-state index contributed by atoms with van der Waals surface area (Å²) >= 11 is 4.46. The van der Waals surface area contributed by atoms with Gasteiger partial charge in [-0.1, -0.05) is 60.7 Å². The number of nitrogens with two attached hydrogens (primary N) is 1. The second-order valence-corrected chi connectivity index (χ2v) is 4.92. The lowest BCUT2D eigenvalue weighted by atomic mass is 10.1. The molecule has 1 atom stereocenters. The van der Waals surface area contributed by atoms with Crippen molar-refractivity contribution >= 4 is 12.6 Å². The predicted molar refractivity (Wildman–Crippen MR) is 79.9 cm³/mol. The molecule has 18 heavy (non-hydrogen) atoms. The standard InChI is InChI=1S/C16H19NS/c18-13-16(11-14-7-3-1-4-8-14)17-12-15-9-5-2-6-10-15/h1-10,16-18H,11-13H2/p+1. The van der Waals surface area contributed by atoms with Crippen molar-refractivity contribution in [1.82, 2.24) is 0 Å². The first-order chi connectivity index (χ1) is 8.88. The van der Waals surface area contributed by atoms with Gasteiger partial charge in [-0.05, 0) is 5.56 Å². The maximum absolute atomic E-state index is 4.46. The van der Waals surface area contributed by atoms with E-state index >= 15 is 0 Å². The van der Waals surface area contributed by atoms with Crippen molar-refractivity contribution < 1.29 is 5.32 Å². The summed E-state index contributed by atoms with van der Waals surface area (Å²) in [5, 5.41) is 2.38. The lowest BCUT2D eigenvalue weighted by molar-refractivity contribution is -0.699. The number of hydrogen-bond acceptors (Lipinski definition) is 1. The third kappa shape index (κ3) is 4.21. The van der Waals surface area contributed by atoms with Crippen molar-refractivity contribution in [2.24, 2.45) is 0 Å². The van der Waals surface area contributed by atoms with Crippen LogP contribution in [0, 0.1) is 0 Å². The van der Waals surface area contributed by atoms with Crippen molar-refractivity contribution in [3.05, 3.63) is 71.8 Å². The van der Waals surface area contributed by atoms with Gasteiger partial charge in [-0.25, -0.2) is 0 Å². The average molecular weight is 258 g/mol. The van der Waals surface area contributed by atoms with Crippen molar-refractivity contribution in [2.75, 3.05) is 5.75 Å². The van der Waals surface area contributed by atoms with Crippen LogP contribution in [-0.4, -0.2) is 11.8 Å². The SMILES string of the molecule is SCC(Cc1ccccc1)[NH2+]Cc1ccccc1. The molecule has 1 nitrogen and oxygen atoms in total. The van der Waals surface area contributed by atoms with Gasteiger partial charge in [-0.15, -0.1) is 0 Å². The van der Waals surface area contributed by atoms with Crippen LogP contribution in [0.15, 0.2) is 60.7 Å². The zero-order valence-electron chi connectivity index (χ0n) is 10.5. The van der Waals surface area contributed by atoms with E-state index in [2.05, 4.69) is 78.6 Å². The Morgan fingerprint density at radius 1 is 0.833 bits per heavy atom. The molecule has 94 valence electrons. The fourth-order valence-electron chi connectivity index (χ4n) is 2.06. The van der Waals surface area contributed by atoms with Gasteiger partial charge in [0.2, 0.25) is 0 Å². The van der Waals surface area contributed by atoms with E-state index in [1.165, 1.54) is 11.1 Å². The van der Waals surface area contributed by atoms with Crippen LogP contribution in [0.1, 0.15) is 11.1 Å². The Kier molecular flexibility index (Phi) is 5.31. The van der Waals surface area contributed by atoms with Gasteiger partial charge in [-0.3, -0.25) is 0 Å². The zero-order valence-corrected chi connectivity index (χ0v) is 11.4. The lowest BCUT2D eigenvalue weighted by Crippen LogP contribution is -2.89. The summed E-state index contributed by atoms with van der Waals surface area (Å²) in [6.07, 6.45) is 1.08. The molecule has 0 bridgehead atoms. The molecule has 0 radical (unpaired) electrons. The summed E-state index contributed by atoms with van der Waals surface area (Å²) in [5.74, 6) is 0.904. The topological polar surface area (TPSA) is 16.6 Å². The second kappa shape index (κ2) is 7.24. The fraction of sp³-hybridized carbons (Fsp3) is 0.250. The van der Waals surface area contributed by atoms with Crippen molar-refractivity contribution in [3.8, 4) is 0 Å². The molecule has 0 aliphatic heterocycles. The first-order valence-corrected chi connectivity index (χ1v) is 7.04. The Balaban J connectivity index is 1.86. The Morgan fingerprint density at radius 2 is 1.39 bits per heavy atom. The summed E-state index contributed by atoms with van der Waals surface area (Å²) < 4.78 is 0. The smallest absolute Gasteiger partial charge is 0.101 e. The predicted octanol–water partition coefficient (Wildman–Crippen LogP) is 2.29. The van der Waals surface area contributed by atoms with Crippen LogP contribution in [0.3, 0.4) is 0 Å². The molecule has 0 spiro atoms. The summed E-state index contributed by atoms with van der Waals surface area (Å²) in [4.78, 5) is 0. The van der Waals surface area contributed by atoms with Crippen molar-refractivity contribution in [1.29, 1.82) is 0 Å². The highest BCUT2D eigenvalue weighted by atomic mass is 32.1. The summed E-state index contributed by atoms with van der Waals surface area (Å²) in [5.41, 5.74) is 2.76. The van der Waals surface area contributed by atoms with Crippen LogP contribution in [-0.2, 0) is 13.0 Å². The van der Waals surface area contributed by atoms with Crippen LogP contribution >= 0.6 is 12.6 Å². The molecule has 1 unspecified atom stereocenters. The molecular formula is C16H20NS+. The van der Waals surface area contributed by atoms with Gasteiger partial charge < -0.3 is 5.32 Å². The van der Waals surface area contributed by atoms with E-state index in [4.69, 9.17) is 0 Å². The largest absolute Gasteiger partial charge is 0.339 e. The Morgan fingerprint density at radius 3 is 1.94 bits per heavy atom. The normalized spacial score (nSPS) is 12.3. The fourth-order valence-corrected chi connectivity index (χ4v) is 2.33. The van der Waals surface area contributed by atoms with Crippen LogP contribution in [0.4, 0.5) is 0 Å². The molecule has 0 fully saturated rings. The molecule has 2 N–H and O–H groups in total. The third-order valence-corrected chi connectivity index (χ3v) is 3.57. The maximum Gasteiger partial charge on any atom is 0.101 e. The first-order valence-electron chi connectivity index (χ1n) is 6.40. The Bertz CT molecular complexity index is 441. The van der Waals surface area contributed by atoms with E-state index in [0.29, 0.717) is 6.04 Å². The number of rotatable bonds is 6. The quantitative estimate of drug-likeness (QED) is 0.740. The molecule has 0 saturated carbocycles. The van der Waals surface area contributed by atoms with Crippen LogP contribution < -0.4 is 5.32 Å². The monoisotopic (exact) mass is 258 g/mol. The maximum atomic E-state index is 4.46. The molecule has 0 saturated heterocycles. The van der Waals surface area contributed by atoms with E-state index in [1.54, 1.807) is 0 Å². The minimum Gasteiger partial charge on any atom is -0.339 e. The van der Waals surface area contributed by atoms with Crippen LogP contribution in [0.25, 0.3) is 0 Å². The summed E-state index contributed by atoms with van der Waals surface area (Å²) in [6.45, 7) is 1.03. The van der Waals surface area contributed by atoms with Gasteiger partial charge in [0, 0.05) is 17.7 Å². The van der Waals surface area contributed by atoms with Gasteiger partial charge in [0.1, 0.15) is 6.54 Å². The van der Waals surface area contributed by atoms with E-state index < -0.39 is 0 Å². The van der Waals surface area contributed by atoms with Gasteiger partial charge in [0.15, 0.2) is 0 Å². The molecule has 2 aromatic carbocycles. The van der Waals surface area contributed by atoms with E-state index in [9.17, 15) is 0 Å². The lowest BCUT2D eigenvalue weighted by Gasteiger charge is -2.13. The molecule has 0 heterocycles. The van der Waals surface area contributed by atoms with E-state index in [0.717, 1.165) is 18.7 Å². The van der Waals surface area contributed by atoms with E-state index in [1.807, 2.05) is 0 Å². The average Bonchev–Trinajstić information content (AvgIpc) is 2.45. The molecule has 0 aliphatic rings. The molecule has 0 amide bonds. The molecule has 0 aromatic heterocycles. The van der Waals surface area contributed by atoms with Gasteiger partial charge in [-0.2, -0.15) is 12.6 Å². The number of hydrogen-bond donors (Lipinski definition) is 2. The minimum absolute atomic E-state index is 0.538. The molecule has 2 rings (SSSR count). The summed E-state index contributed by atoms with van der Waals surface area (Å²) in [6, 6.07) is 21.8. The van der Waals surface area contributed by atoms with Crippen LogP contribution in [0.5, 0.6) is 0 Å². The zero-order chi connectivity index (χ0) is 12.6. The van der Waals surface area contributed by atoms with Gasteiger partial charge >= 0.3 is 0 Å². The molecular weight excluding hydrogens is 238 g/mol.